The Morgan fingerprint density at radius 2 is 2.18 bits per heavy atom. The molecule has 2 aromatic rings. The van der Waals surface area contributed by atoms with Gasteiger partial charge >= 0.3 is 0 Å². The molecule has 2 heterocycles. The smallest absolute Gasteiger partial charge is 0.218 e. The Kier molecular flexibility index (Phi) is 4.86. The SMILES string of the molecule is CC(C)C1CNCCCN1Sc1cccc2c(O)nccc12. The van der Waals surface area contributed by atoms with Crippen molar-refractivity contribution in [2.24, 2.45) is 5.92 Å². The van der Waals surface area contributed by atoms with Crippen molar-refractivity contribution < 1.29 is 5.11 Å². The van der Waals surface area contributed by atoms with Gasteiger partial charge in [0.25, 0.3) is 0 Å². The first-order valence-corrected chi connectivity index (χ1v) is 8.66. The van der Waals surface area contributed by atoms with Crippen LogP contribution in [0.2, 0.25) is 0 Å². The van der Waals surface area contributed by atoms with Crippen molar-refractivity contribution in [2.75, 3.05) is 19.6 Å². The molecule has 1 aromatic carbocycles. The van der Waals surface area contributed by atoms with E-state index in [9.17, 15) is 5.11 Å². The fourth-order valence-corrected chi connectivity index (χ4v) is 4.27. The number of nitrogens with zero attached hydrogens (tertiary/aromatic N) is 2. The van der Waals surface area contributed by atoms with Crippen molar-refractivity contribution in [2.45, 2.75) is 31.2 Å². The summed E-state index contributed by atoms with van der Waals surface area (Å²) in [5.74, 6) is 0.709. The lowest BCUT2D eigenvalue weighted by Gasteiger charge is -2.31. The van der Waals surface area contributed by atoms with E-state index in [4.69, 9.17) is 0 Å². The number of pyridine rings is 1. The Labute approximate surface area is 136 Å². The molecule has 1 atom stereocenters. The minimum absolute atomic E-state index is 0.109. The molecule has 1 unspecified atom stereocenters. The van der Waals surface area contributed by atoms with Crippen molar-refractivity contribution >= 4 is 22.7 Å². The molecule has 5 heteroatoms. The van der Waals surface area contributed by atoms with Crippen LogP contribution in [0.25, 0.3) is 10.8 Å². The Morgan fingerprint density at radius 3 is 3.00 bits per heavy atom. The second kappa shape index (κ2) is 6.86. The van der Waals surface area contributed by atoms with Crippen LogP contribution in [-0.4, -0.2) is 40.1 Å². The van der Waals surface area contributed by atoms with Gasteiger partial charge in [-0.3, -0.25) is 0 Å². The summed E-state index contributed by atoms with van der Waals surface area (Å²) in [5.41, 5.74) is 0. The number of fused-ring (bicyclic) bond motifs is 1. The molecule has 0 amide bonds. The molecule has 1 saturated heterocycles. The summed E-state index contributed by atoms with van der Waals surface area (Å²) >= 11 is 1.81. The van der Waals surface area contributed by atoms with Gasteiger partial charge in [0.2, 0.25) is 5.88 Å². The number of nitrogens with one attached hydrogen (secondary N) is 1. The van der Waals surface area contributed by atoms with Gasteiger partial charge in [-0.2, -0.15) is 0 Å². The highest BCUT2D eigenvalue weighted by Gasteiger charge is 2.25. The molecule has 1 aromatic heterocycles. The first-order valence-electron chi connectivity index (χ1n) is 7.89. The molecule has 0 spiro atoms. The van der Waals surface area contributed by atoms with Crippen LogP contribution in [-0.2, 0) is 0 Å². The lowest BCUT2D eigenvalue weighted by Crippen LogP contribution is -2.39. The zero-order valence-electron chi connectivity index (χ0n) is 13.1. The van der Waals surface area contributed by atoms with Gasteiger partial charge in [-0.15, -0.1) is 0 Å². The Bertz CT molecular complexity index is 647. The first-order chi connectivity index (χ1) is 10.7. The minimum atomic E-state index is 0.109. The topological polar surface area (TPSA) is 48.4 Å². The summed E-state index contributed by atoms with van der Waals surface area (Å²) in [7, 11) is 0. The monoisotopic (exact) mass is 317 g/mol. The average molecular weight is 317 g/mol. The van der Waals surface area contributed by atoms with Crippen LogP contribution in [0, 0.1) is 5.92 Å². The standard InChI is InChI=1S/C17H23N3OS/c1-12(2)15-11-18-8-4-10-20(15)22-16-6-3-5-14-13(16)7-9-19-17(14)21/h3,5-7,9,12,15,18H,4,8,10-11H2,1-2H3,(H,19,21). The Hall–Kier alpha value is -1.30. The molecule has 0 aliphatic carbocycles. The predicted molar refractivity (Wildman–Crippen MR) is 92.1 cm³/mol. The second-order valence-corrected chi connectivity index (χ2v) is 7.18. The number of aromatic nitrogens is 1. The van der Waals surface area contributed by atoms with Crippen LogP contribution in [0.3, 0.4) is 0 Å². The normalized spacial score (nSPS) is 20.4. The largest absolute Gasteiger partial charge is 0.493 e. The van der Waals surface area contributed by atoms with E-state index >= 15 is 0 Å². The van der Waals surface area contributed by atoms with Gasteiger partial charge in [0.05, 0.1) is 0 Å². The van der Waals surface area contributed by atoms with Gasteiger partial charge in [0.1, 0.15) is 0 Å². The van der Waals surface area contributed by atoms with Gasteiger partial charge in [-0.25, -0.2) is 9.29 Å². The molecule has 22 heavy (non-hydrogen) atoms. The fraction of sp³-hybridized carbons (Fsp3) is 0.471. The summed E-state index contributed by atoms with van der Waals surface area (Å²) in [6.45, 7) is 7.75. The average Bonchev–Trinajstić information content (AvgIpc) is 2.74. The van der Waals surface area contributed by atoms with Gasteiger partial charge in [0, 0.05) is 41.0 Å². The lowest BCUT2D eigenvalue weighted by molar-refractivity contribution is 0.294. The van der Waals surface area contributed by atoms with E-state index in [2.05, 4.69) is 34.5 Å². The third-order valence-electron chi connectivity index (χ3n) is 4.19. The van der Waals surface area contributed by atoms with Crippen LogP contribution >= 0.6 is 11.9 Å². The first kappa shape index (κ1) is 15.6. The quantitative estimate of drug-likeness (QED) is 0.851. The second-order valence-electron chi connectivity index (χ2n) is 6.09. The third-order valence-corrected chi connectivity index (χ3v) is 5.43. The van der Waals surface area contributed by atoms with Crippen molar-refractivity contribution in [3.63, 3.8) is 0 Å². The number of hydrogen-bond donors (Lipinski definition) is 2. The highest BCUT2D eigenvalue weighted by Crippen LogP contribution is 2.35. The summed E-state index contributed by atoms with van der Waals surface area (Å²) in [6.07, 6.45) is 2.83. The Balaban J connectivity index is 1.92. The van der Waals surface area contributed by atoms with Gasteiger partial charge in [-0.05, 0) is 49.0 Å². The van der Waals surface area contributed by atoms with Crippen molar-refractivity contribution in [1.29, 1.82) is 0 Å². The molecule has 1 fully saturated rings. The molecule has 0 radical (unpaired) electrons. The minimum Gasteiger partial charge on any atom is -0.493 e. The van der Waals surface area contributed by atoms with Crippen molar-refractivity contribution in [1.82, 2.24) is 14.6 Å². The zero-order chi connectivity index (χ0) is 15.5. The maximum absolute atomic E-state index is 9.94. The number of benzene rings is 1. The van der Waals surface area contributed by atoms with E-state index in [1.807, 2.05) is 18.2 Å². The van der Waals surface area contributed by atoms with Crippen LogP contribution in [0.1, 0.15) is 20.3 Å². The highest BCUT2D eigenvalue weighted by atomic mass is 32.2. The molecule has 2 N–H and O–H groups in total. The molecule has 3 rings (SSSR count). The van der Waals surface area contributed by atoms with E-state index in [-0.39, 0.29) is 5.88 Å². The highest BCUT2D eigenvalue weighted by molar-refractivity contribution is 7.97. The molecule has 1 aliphatic rings. The third kappa shape index (κ3) is 3.21. The van der Waals surface area contributed by atoms with E-state index in [0.29, 0.717) is 12.0 Å². The number of aromatic hydroxyl groups is 1. The molecular weight excluding hydrogens is 294 g/mol. The van der Waals surface area contributed by atoms with Crippen LogP contribution in [0.4, 0.5) is 0 Å². The molecule has 0 bridgehead atoms. The maximum atomic E-state index is 9.94. The zero-order valence-corrected chi connectivity index (χ0v) is 13.9. The summed E-state index contributed by atoms with van der Waals surface area (Å²) in [6, 6.07) is 8.54. The van der Waals surface area contributed by atoms with Crippen LogP contribution < -0.4 is 5.32 Å². The Morgan fingerprint density at radius 1 is 1.32 bits per heavy atom. The summed E-state index contributed by atoms with van der Waals surface area (Å²) < 4.78 is 2.50. The molecular formula is C17H23N3OS. The predicted octanol–water partition coefficient (Wildman–Crippen LogP) is 3.27. The van der Waals surface area contributed by atoms with Crippen LogP contribution in [0.5, 0.6) is 5.88 Å². The molecule has 0 saturated carbocycles. The van der Waals surface area contributed by atoms with Gasteiger partial charge in [0.15, 0.2) is 0 Å². The number of rotatable bonds is 3. The summed E-state index contributed by atoms with van der Waals surface area (Å²) in [5, 5.41) is 15.4. The van der Waals surface area contributed by atoms with Gasteiger partial charge < -0.3 is 10.4 Å². The lowest BCUT2D eigenvalue weighted by atomic mass is 10.1. The van der Waals surface area contributed by atoms with Gasteiger partial charge in [-0.1, -0.05) is 19.9 Å². The van der Waals surface area contributed by atoms with Crippen molar-refractivity contribution in [3.05, 3.63) is 30.5 Å². The van der Waals surface area contributed by atoms with E-state index in [0.717, 1.165) is 36.8 Å². The van der Waals surface area contributed by atoms with E-state index < -0.39 is 0 Å². The molecule has 4 nitrogen and oxygen atoms in total. The summed E-state index contributed by atoms with van der Waals surface area (Å²) in [4.78, 5) is 5.16. The maximum Gasteiger partial charge on any atom is 0.218 e. The van der Waals surface area contributed by atoms with Crippen LogP contribution in [0.15, 0.2) is 35.4 Å². The fourth-order valence-electron chi connectivity index (χ4n) is 2.93. The molecule has 1 aliphatic heterocycles. The van der Waals surface area contributed by atoms with E-state index in [1.54, 1.807) is 18.1 Å². The van der Waals surface area contributed by atoms with Crippen molar-refractivity contribution in [3.8, 4) is 5.88 Å². The number of hydrogen-bond acceptors (Lipinski definition) is 5. The van der Waals surface area contributed by atoms with E-state index in [1.165, 1.54) is 4.90 Å². The molecule has 118 valence electrons.